The Morgan fingerprint density at radius 3 is 2.88 bits per heavy atom. The molecule has 1 N–H and O–H groups in total. The minimum absolute atomic E-state index is 0.543. The van der Waals surface area contributed by atoms with Crippen molar-refractivity contribution in [3.8, 4) is 6.07 Å². The Morgan fingerprint density at radius 1 is 1.47 bits per heavy atom. The highest BCUT2D eigenvalue weighted by Crippen LogP contribution is 2.30. The Kier molecular flexibility index (Phi) is 3.16. The first kappa shape index (κ1) is 11.7. The van der Waals surface area contributed by atoms with Gasteiger partial charge in [-0.1, -0.05) is 11.6 Å². The van der Waals surface area contributed by atoms with Crippen LogP contribution >= 0.6 is 11.6 Å². The van der Waals surface area contributed by atoms with Crippen molar-refractivity contribution in [1.29, 1.82) is 5.26 Å². The molecule has 0 radical (unpaired) electrons. The first-order valence-electron chi connectivity index (χ1n) is 5.40. The number of anilines is 1. The molecule has 1 aromatic carbocycles. The zero-order chi connectivity index (χ0) is 12.4. The summed E-state index contributed by atoms with van der Waals surface area (Å²) in [5.74, 6) is 0. The van der Waals surface area contributed by atoms with E-state index in [9.17, 15) is 0 Å². The molecular weight excluding hydrogens is 234 g/mol. The smallest absolute Gasteiger partial charge is 0.103 e. The first-order chi connectivity index (χ1) is 8.17. The molecule has 4 heteroatoms. The normalized spacial score (nSPS) is 10.2. The summed E-state index contributed by atoms with van der Waals surface area (Å²) in [4.78, 5) is 4.31. The van der Waals surface area contributed by atoms with Gasteiger partial charge in [-0.15, -0.1) is 0 Å². The van der Waals surface area contributed by atoms with E-state index in [0.29, 0.717) is 10.6 Å². The monoisotopic (exact) mass is 245 g/mol. The van der Waals surface area contributed by atoms with Crippen LogP contribution in [0, 0.1) is 18.3 Å². The quantitative estimate of drug-likeness (QED) is 0.881. The number of aryl methyl sites for hydroxylation is 1. The number of pyridine rings is 1. The number of fused-ring (bicyclic) bond motifs is 1. The van der Waals surface area contributed by atoms with Crippen molar-refractivity contribution in [2.75, 3.05) is 11.9 Å². The van der Waals surface area contributed by atoms with Gasteiger partial charge < -0.3 is 5.32 Å². The Balaban J connectivity index is 2.84. The largest absolute Gasteiger partial charge is 0.384 e. The van der Waals surface area contributed by atoms with Gasteiger partial charge in [-0.25, -0.2) is 0 Å². The Hall–Kier alpha value is -1.79. The van der Waals surface area contributed by atoms with Crippen molar-refractivity contribution in [1.82, 2.24) is 4.98 Å². The maximum atomic E-state index is 9.08. The summed E-state index contributed by atoms with van der Waals surface area (Å²) < 4.78 is 0. The summed E-state index contributed by atoms with van der Waals surface area (Å²) in [7, 11) is 0. The van der Waals surface area contributed by atoms with Crippen LogP contribution in [0.15, 0.2) is 18.3 Å². The third-order valence-corrected chi connectivity index (χ3v) is 2.82. The van der Waals surface area contributed by atoms with Gasteiger partial charge in [0.1, 0.15) is 6.07 Å². The standard InChI is InChI=1S/C13H12ClN3/c1-3-16-13-9(6-15)7-17-12-8(2)4-10(14)5-11(12)13/h4-5,7H,3H2,1-2H3,(H,16,17). The Bertz CT molecular complexity index is 614. The molecule has 0 atom stereocenters. The van der Waals surface area contributed by atoms with Crippen molar-refractivity contribution in [3.05, 3.63) is 34.5 Å². The predicted octanol–water partition coefficient (Wildman–Crippen LogP) is 3.50. The van der Waals surface area contributed by atoms with E-state index < -0.39 is 0 Å². The molecule has 2 rings (SSSR count). The number of benzene rings is 1. The van der Waals surface area contributed by atoms with Gasteiger partial charge in [0.25, 0.3) is 0 Å². The SMILES string of the molecule is CCNc1c(C#N)cnc2c(C)cc(Cl)cc12. The van der Waals surface area contributed by atoms with Gasteiger partial charge >= 0.3 is 0 Å². The average Bonchev–Trinajstić information content (AvgIpc) is 2.30. The molecule has 0 spiro atoms. The third kappa shape index (κ3) is 2.04. The number of rotatable bonds is 2. The van der Waals surface area contributed by atoms with Crippen molar-refractivity contribution in [3.63, 3.8) is 0 Å². The van der Waals surface area contributed by atoms with Crippen LogP contribution in [-0.4, -0.2) is 11.5 Å². The molecule has 86 valence electrons. The number of aromatic nitrogens is 1. The van der Waals surface area contributed by atoms with E-state index in [-0.39, 0.29) is 0 Å². The van der Waals surface area contributed by atoms with E-state index in [1.165, 1.54) is 0 Å². The molecule has 0 fully saturated rings. The molecule has 17 heavy (non-hydrogen) atoms. The fraction of sp³-hybridized carbons (Fsp3) is 0.231. The number of hydrogen-bond acceptors (Lipinski definition) is 3. The lowest BCUT2D eigenvalue weighted by molar-refractivity contribution is 1.20. The minimum atomic E-state index is 0.543. The lowest BCUT2D eigenvalue weighted by Gasteiger charge is -2.11. The highest BCUT2D eigenvalue weighted by Gasteiger charge is 2.10. The van der Waals surface area contributed by atoms with Gasteiger partial charge in [-0.2, -0.15) is 5.26 Å². The fourth-order valence-electron chi connectivity index (χ4n) is 1.89. The third-order valence-electron chi connectivity index (χ3n) is 2.60. The molecule has 0 aliphatic carbocycles. The van der Waals surface area contributed by atoms with Crippen molar-refractivity contribution in [2.45, 2.75) is 13.8 Å². The van der Waals surface area contributed by atoms with E-state index in [0.717, 1.165) is 28.7 Å². The molecule has 0 unspecified atom stereocenters. The van der Waals surface area contributed by atoms with Crippen LogP contribution in [0.2, 0.25) is 5.02 Å². The number of nitriles is 1. The molecular formula is C13H12ClN3. The maximum Gasteiger partial charge on any atom is 0.103 e. The van der Waals surface area contributed by atoms with Gasteiger partial charge in [0.2, 0.25) is 0 Å². The lowest BCUT2D eigenvalue weighted by Crippen LogP contribution is -2.01. The zero-order valence-electron chi connectivity index (χ0n) is 9.71. The molecule has 1 heterocycles. The highest BCUT2D eigenvalue weighted by molar-refractivity contribution is 6.31. The second-order valence-corrected chi connectivity index (χ2v) is 4.24. The van der Waals surface area contributed by atoms with Crippen LogP contribution in [-0.2, 0) is 0 Å². The van der Waals surface area contributed by atoms with Crippen LogP contribution in [0.3, 0.4) is 0 Å². The van der Waals surface area contributed by atoms with E-state index >= 15 is 0 Å². The van der Waals surface area contributed by atoms with E-state index in [2.05, 4.69) is 16.4 Å². The number of halogens is 1. The number of hydrogen-bond donors (Lipinski definition) is 1. The predicted molar refractivity (Wildman–Crippen MR) is 70.4 cm³/mol. The Labute approximate surface area is 105 Å². The average molecular weight is 246 g/mol. The van der Waals surface area contributed by atoms with Gasteiger partial charge in [0.05, 0.1) is 16.8 Å². The van der Waals surface area contributed by atoms with Gasteiger partial charge in [0, 0.05) is 23.2 Å². The summed E-state index contributed by atoms with van der Waals surface area (Å²) in [5.41, 5.74) is 3.24. The van der Waals surface area contributed by atoms with Gasteiger partial charge in [-0.05, 0) is 31.5 Å². The first-order valence-corrected chi connectivity index (χ1v) is 5.78. The molecule has 0 bridgehead atoms. The zero-order valence-corrected chi connectivity index (χ0v) is 10.5. The van der Waals surface area contributed by atoms with Crippen LogP contribution in [0.4, 0.5) is 5.69 Å². The maximum absolute atomic E-state index is 9.08. The molecule has 2 aromatic rings. The van der Waals surface area contributed by atoms with Crippen molar-refractivity contribution in [2.24, 2.45) is 0 Å². The minimum Gasteiger partial charge on any atom is -0.384 e. The molecule has 3 nitrogen and oxygen atoms in total. The second-order valence-electron chi connectivity index (χ2n) is 3.81. The molecule has 0 amide bonds. The van der Waals surface area contributed by atoms with Crippen LogP contribution in [0.25, 0.3) is 10.9 Å². The molecule has 0 aliphatic rings. The summed E-state index contributed by atoms with van der Waals surface area (Å²) in [5, 5.41) is 13.8. The molecule has 0 saturated carbocycles. The van der Waals surface area contributed by atoms with Gasteiger partial charge in [-0.3, -0.25) is 4.98 Å². The van der Waals surface area contributed by atoms with Crippen LogP contribution in [0.1, 0.15) is 18.1 Å². The van der Waals surface area contributed by atoms with Crippen molar-refractivity contribution >= 4 is 28.2 Å². The summed E-state index contributed by atoms with van der Waals surface area (Å²) in [6.07, 6.45) is 1.60. The van der Waals surface area contributed by atoms with Gasteiger partial charge in [0.15, 0.2) is 0 Å². The summed E-state index contributed by atoms with van der Waals surface area (Å²) >= 11 is 6.05. The number of nitrogens with one attached hydrogen (secondary N) is 1. The fourth-order valence-corrected chi connectivity index (χ4v) is 2.16. The van der Waals surface area contributed by atoms with E-state index in [1.54, 1.807) is 6.20 Å². The van der Waals surface area contributed by atoms with E-state index in [1.807, 2.05) is 26.0 Å². The Morgan fingerprint density at radius 2 is 2.24 bits per heavy atom. The van der Waals surface area contributed by atoms with Crippen molar-refractivity contribution < 1.29 is 0 Å². The topological polar surface area (TPSA) is 48.7 Å². The lowest BCUT2D eigenvalue weighted by atomic mass is 10.1. The van der Waals surface area contributed by atoms with E-state index in [4.69, 9.17) is 16.9 Å². The van der Waals surface area contributed by atoms with Crippen LogP contribution in [0.5, 0.6) is 0 Å². The molecule has 0 aliphatic heterocycles. The second kappa shape index (κ2) is 4.60. The summed E-state index contributed by atoms with van der Waals surface area (Å²) in [6.45, 7) is 4.70. The molecule has 0 saturated heterocycles. The highest BCUT2D eigenvalue weighted by atomic mass is 35.5. The molecule has 1 aromatic heterocycles. The van der Waals surface area contributed by atoms with Crippen LogP contribution < -0.4 is 5.32 Å². The number of nitrogens with zero attached hydrogens (tertiary/aromatic N) is 2. The summed E-state index contributed by atoms with van der Waals surface area (Å²) in [6, 6.07) is 5.86.